The molecule has 1 aliphatic rings. The molecule has 0 fully saturated rings. The fourth-order valence-corrected chi connectivity index (χ4v) is 3.70. The Kier molecular flexibility index (Phi) is 3.54. The first-order valence-electron chi connectivity index (χ1n) is 7.67. The van der Waals surface area contributed by atoms with Crippen LogP contribution in [-0.4, -0.2) is 23.3 Å². The summed E-state index contributed by atoms with van der Waals surface area (Å²) in [7, 11) is 0. The van der Waals surface area contributed by atoms with Crippen LogP contribution in [0, 0.1) is 0 Å². The summed E-state index contributed by atoms with van der Waals surface area (Å²) in [4.78, 5) is 30.1. The lowest BCUT2D eigenvalue weighted by molar-refractivity contribution is -0.116. The van der Waals surface area contributed by atoms with Crippen molar-refractivity contribution < 1.29 is 9.59 Å². The van der Waals surface area contributed by atoms with Crippen LogP contribution < -0.4 is 10.2 Å². The van der Waals surface area contributed by atoms with E-state index in [1.165, 1.54) is 11.3 Å². The molecule has 0 saturated carbocycles. The van der Waals surface area contributed by atoms with E-state index >= 15 is 0 Å². The minimum atomic E-state index is -0.169. The highest BCUT2D eigenvalue weighted by Gasteiger charge is 2.22. The predicted molar refractivity (Wildman–Crippen MR) is 95.7 cm³/mol. The molecule has 2 aromatic carbocycles. The maximum atomic E-state index is 12.5. The van der Waals surface area contributed by atoms with Crippen LogP contribution in [0.3, 0.4) is 0 Å². The minimum Gasteiger partial charge on any atom is -0.322 e. The Hall–Kier alpha value is -2.73. The van der Waals surface area contributed by atoms with E-state index in [1.54, 1.807) is 23.4 Å². The molecule has 2 amide bonds. The van der Waals surface area contributed by atoms with Crippen molar-refractivity contribution in [2.75, 3.05) is 16.8 Å². The van der Waals surface area contributed by atoms with Gasteiger partial charge in [0.2, 0.25) is 5.91 Å². The number of fused-ring (bicyclic) bond motifs is 2. The molecule has 24 heavy (non-hydrogen) atoms. The van der Waals surface area contributed by atoms with Crippen molar-refractivity contribution in [1.82, 2.24) is 4.98 Å². The number of aromatic nitrogens is 1. The maximum Gasteiger partial charge on any atom is 0.255 e. The number of nitrogens with one attached hydrogen (secondary N) is 1. The highest BCUT2D eigenvalue weighted by atomic mass is 32.1. The van der Waals surface area contributed by atoms with E-state index in [9.17, 15) is 9.59 Å². The molecule has 1 aliphatic heterocycles. The van der Waals surface area contributed by atoms with E-state index in [1.807, 2.05) is 30.3 Å². The van der Waals surface area contributed by atoms with Gasteiger partial charge in [0, 0.05) is 30.4 Å². The SMILES string of the molecule is CC(=O)N1CCc2ccc(NC(=O)c3ccc4ncsc4c3)cc21. The van der Waals surface area contributed by atoms with Gasteiger partial charge in [-0.3, -0.25) is 9.59 Å². The molecule has 1 aromatic heterocycles. The lowest BCUT2D eigenvalue weighted by Crippen LogP contribution is -2.25. The molecule has 2 heterocycles. The Balaban J connectivity index is 1.60. The van der Waals surface area contributed by atoms with Crippen molar-refractivity contribution in [1.29, 1.82) is 0 Å². The van der Waals surface area contributed by atoms with Gasteiger partial charge in [0.25, 0.3) is 5.91 Å². The highest BCUT2D eigenvalue weighted by molar-refractivity contribution is 7.16. The largest absolute Gasteiger partial charge is 0.322 e. The fraction of sp³-hybridized carbons (Fsp3) is 0.167. The molecule has 0 unspecified atom stereocenters. The molecule has 0 saturated heterocycles. The Labute approximate surface area is 142 Å². The smallest absolute Gasteiger partial charge is 0.255 e. The van der Waals surface area contributed by atoms with Crippen molar-refractivity contribution in [3.63, 3.8) is 0 Å². The van der Waals surface area contributed by atoms with Crippen LogP contribution in [0.1, 0.15) is 22.8 Å². The van der Waals surface area contributed by atoms with Crippen LogP contribution in [0.2, 0.25) is 0 Å². The third-order valence-electron chi connectivity index (χ3n) is 4.21. The van der Waals surface area contributed by atoms with E-state index in [4.69, 9.17) is 0 Å². The van der Waals surface area contributed by atoms with Crippen LogP contribution in [0.25, 0.3) is 10.2 Å². The molecule has 5 nitrogen and oxygen atoms in total. The second-order valence-corrected chi connectivity index (χ2v) is 6.64. The second kappa shape index (κ2) is 5.72. The van der Waals surface area contributed by atoms with Gasteiger partial charge in [-0.2, -0.15) is 0 Å². The van der Waals surface area contributed by atoms with E-state index in [-0.39, 0.29) is 11.8 Å². The van der Waals surface area contributed by atoms with E-state index in [0.717, 1.165) is 27.9 Å². The topological polar surface area (TPSA) is 62.3 Å². The average Bonchev–Trinajstić information content (AvgIpc) is 3.20. The number of benzene rings is 2. The number of nitrogens with zero attached hydrogens (tertiary/aromatic N) is 2. The fourth-order valence-electron chi connectivity index (χ4n) is 2.98. The van der Waals surface area contributed by atoms with E-state index < -0.39 is 0 Å². The van der Waals surface area contributed by atoms with Gasteiger partial charge in [0.1, 0.15) is 0 Å². The molecule has 120 valence electrons. The number of rotatable bonds is 2. The molecule has 0 bridgehead atoms. The number of amides is 2. The molecular weight excluding hydrogens is 322 g/mol. The maximum absolute atomic E-state index is 12.5. The first kappa shape index (κ1) is 14.8. The zero-order valence-corrected chi connectivity index (χ0v) is 13.9. The van der Waals surface area contributed by atoms with Gasteiger partial charge in [-0.1, -0.05) is 6.07 Å². The predicted octanol–water partition coefficient (Wildman–Crippen LogP) is 3.46. The van der Waals surface area contributed by atoms with Crippen molar-refractivity contribution in [3.05, 3.63) is 53.0 Å². The van der Waals surface area contributed by atoms with Crippen LogP contribution in [-0.2, 0) is 11.2 Å². The quantitative estimate of drug-likeness (QED) is 0.779. The standard InChI is InChI=1S/C18H15N3O2S/c1-11(22)21-7-6-12-2-4-14(9-16(12)21)20-18(23)13-3-5-15-17(8-13)24-10-19-15/h2-5,8-10H,6-7H2,1H3,(H,20,23). The third kappa shape index (κ3) is 2.55. The van der Waals surface area contributed by atoms with Crippen LogP contribution in [0.5, 0.6) is 0 Å². The lowest BCUT2D eigenvalue weighted by Gasteiger charge is -2.16. The summed E-state index contributed by atoms with van der Waals surface area (Å²) in [6, 6.07) is 11.2. The molecule has 0 aliphatic carbocycles. The molecule has 1 N–H and O–H groups in total. The van der Waals surface area contributed by atoms with Gasteiger partial charge >= 0.3 is 0 Å². The monoisotopic (exact) mass is 337 g/mol. The summed E-state index contributed by atoms with van der Waals surface area (Å²) < 4.78 is 0.986. The normalized spacial score (nSPS) is 13.1. The van der Waals surface area contributed by atoms with Crippen molar-refractivity contribution in [2.24, 2.45) is 0 Å². The van der Waals surface area contributed by atoms with Crippen molar-refractivity contribution >= 4 is 44.7 Å². The number of carbonyl (C=O) groups excluding carboxylic acids is 2. The zero-order valence-electron chi connectivity index (χ0n) is 13.1. The molecule has 0 atom stereocenters. The van der Waals surface area contributed by atoms with Crippen molar-refractivity contribution in [3.8, 4) is 0 Å². The molecule has 0 spiro atoms. The first-order chi connectivity index (χ1) is 11.6. The summed E-state index contributed by atoms with van der Waals surface area (Å²) in [5.74, 6) is -0.148. The molecule has 3 aromatic rings. The summed E-state index contributed by atoms with van der Waals surface area (Å²) in [5.41, 5.74) is 5.97. The Morgan fingerprint density at radius 2 is 2.08 bits per heavy atom. The van der Waals surface area contributed by atoms with Gasteiger partial charge in [-0.15, -0.1) is 11.3 Å². The van der Waals surface area contributed by atoms with Gasteiger partial charge < -0.3 is 10.2 Å². The summed E-state index contributed by atoms with van der Waals surface area (Å²) in [6.45, 7) is 2.26. The van der Waals surface area contributed by atoms with Crippen LogP contribution in [0.4, 0.5) is 11.4 Å². The van der Waals surface area contributed by atoms with Crippen molar-refractivity contribution in [2.45, 2.75) is 13.3 Å². The second-order valence-electron chi connectivity index (χ2n) is 5.75. The van der Waals surface area contributed by atoms with Crippen LogP contribution >= 0.6 is 11.3 Å². The zero-order chi connectivity index (χ0) is 16.7. The molecule has 4 rings (SSSR count). The Morgan fingerprint density at radius 3 is 2.92 bits per heavy atom. The molecule has 6 heteroatoms. The first-order valence-corrected chi connectivity index (χ1v) is 8.55. The van der Waals surface area contributed by atoms with Gasteiger partial charge in [-0.05, 0) is 42.3 Å². The third-order valence-corrected chi connectivity index (χ3v) is 5.00. The summed E-state index contributed by atoms with van der Waals surface area (Å²) >= 11 is 1.51. The number of anilines is 2. The molecular formula is C18H15N3O2S. The van der Waals surface area contributed by atoms with Gasteiger partial charge in [0.15, 0.2) is 0 Å². The Morgan fingerprint density at radius 1 is 1.21 bits per heavy atom. The number of hydrogen-bond donors (Lipinski definition) is 1. The minimum absolute atomic E-state index is 0.0212. The van der Waals surface area contributed by atoms with E-state index in [2.05, 4.69) is 10.3 Å². The highest BCUT2D eigenvalue weighted by Crippen LogP contribution is 2.31. The summed E-state index contributed by atoms with van der Waals surface area (Å²) in [5, 5.41) is 2.91. The number of carbonyl (C=O) groups is 2. The number of thiazole rings is 1. The summed E-state index contributed by atoms with van der Waals surface area (Å²) in [6.07, 6.45) is 0.852. The van der Waals surface area contributed by atoms with Gasteiger partial charge in [0.05, 0.1) is 15.7 Å². The van der Waals surface area contributed by atoms with E-state index in [0.29, 0.717) is 17.8 Å². The average molecular weight is 337 g/mol. The number of hydrogen-bond acceptors (Lipinski definition) is 4. The Bertz CT molecular complexity index is 964. The molecule has 0 radical (unpaired) electrons. The van der Waals surface area contributed by atoms with Gasteiger partial charge in [-0.25, -0.2) is 4.98 Å². The van der Waals surface area contributed by atoms with Crippen LogP contribution in [0.15, 0.2) is 41.9 Å². The lowest BCUT2D eigenvalue weighted by atomic mass is 10.1.